The summed E-state index contributed by atoms with van der Waals surface area (Å²) >= 11 is 0. The van der Waals surface area contributed by atoms with Crippen LogP contribution in [0.4, 0.5) is 0 Å². The van der Waals surface area contributed by atoms with Gasteiger partial charge in [0.2, 0.25) is 5.69 Å². The molecule has 20 heavy (non-hydrogen) atoms. The molecule has 0 aromatic carbocycles. The lowest BCUT2D eigenvalue weighted by molar-refractivity contribution is -0.671. The van der Waals surface area contributed by atoms with Gasteiger partial charge in [0.1, 0.15) is 6.54 Å². The zero-order valence-corrected chi connectivity index (χ0v) is 10.5. The number of pyridine rings is 2. The summed E-state index contributed by atoms with van der Waals surface area (Å²) in [7, 11) is 0. The van der Waals surface area contributed by atoms with Crippen molar-refractivity contribution in [3.8, 4) is 11.3 Å². The Morgan fingerprint density at radius 2 is 2.15 bits per heavy atom. The van der Waals surface area contributed by atoms with Gasteiger partial charge in [-0.1, -0.05) is 0 Å². The average Bonchev–Trinajstić information content (AvgIpc) is 3.12. The number of hydrogen-bond acceptors (Lipinski definition) is 2. The summed E-state index contributed by atoms with van der Waals surface area (Å²) in [5.41, 5.74) is 4.69. The van der Waals surface area contributed by atoms with E-state index in [2.05, 4.69) is 9.97 Å². The third-order valence-electron chi connectivity index (χ3n) is 3.90. The summed E-state index contributed by atoms with van der Waals surface area (Å²) in [6.45, 7) is -1.66. The molecule has 0 fully saturated rings. The standard InChI is InChI=1S/C15H12N5/c1-18-14-12(5-3-7-17-14)20-9-19-8-11-10(4-2-6-16-11)13(19)15(18)20/h2-7,9H,8H2,1H3/q+1/i1D3. The van der Waals surface area contributed by atoms with E-state index in [-0.39, 0.29) is 0 Å². The maximum absolute atomic E-state index is 7.96. The minimum absolute atomic E-state index is 0.461. The Morgan fingerprint density at radius 3 is 3.10 bits per heavy atom. The summed E-state index contributed by atoms with van der Waals surface area (Å²) in [6.07, 6.45) is 5.31. The van der Waals surface area contributed by atoms with Crippen molar-refractivity contribution >= 4 is 16.8 Å². The van der Waals surface area contributed by atoms with Gasteiger partial charge >= 0.3 is 0 Å². The highest BCUT2D eigenvalue weighted by Gasteiger charge is 2.33. The van der Waals surface area contributed by atoms with E-state index in [4.69, 9.17) is 4.11 Å². The van der Waals surface area contributed by atoms with Gasteiger partial charge in [0, 0.05) is 23.5 Å². The van der Waals surface area contributed by atoms with Crippen molar-refractivity contribution in [1.29, 1.82) is 0 Å². The number of aromatic nitrogens is 5. The minimum Gasteiger partial charge on any atom is -0.289 e. The number of hydrogen-bond donors (Lipinski definition) is 0. The first-order chi connectivity index (χ1) is 11.1. The quantitative estimate of drug-likeness (QED) is 0.398. The molecule has 0 saturated heterocycles. The fourth-order valence-electron chi connectivity index (χ4n) is 3.07. The Bertz CT molecular complexity index is 1090. The molecule has 5 heteroatoms. The molecule has 4 aromatic rings. The Kier molecular flexibility index (Phi) is 1.27. The van der Waals surface area contributed by atoms with Crippen molar-refractivity contribution in [2.75, 3.05) is 0 Å². The summed E-state index contributed by atoms with van der Waals surface area (Å²) in [4.78, 5) is 8.70. The molecule has 0 unspecified atom stereocenters. The molecule has 5 nitrogen and oxygen atoms in total. The second-order valence-electron chi connectivity index (χ2n) is 4.96. The maximum atomic E-state index is 7.96. The van der Waals surface area contributed by atoms with E-state index in [0.717, 1.165) is 22.5 Å². The van der Waals surface area contributed by atoms with Gasteiger partial charge in [0.15, 0.2) is 11.2 Å². The van der Waals surface area contributed by atoms with E-state index in [9.17, 15) is 0 Å². The molecule has 0 bridgehead atoms. The van der Waals surface area contributed by atoms with E-state index in [0.29, 0.717) is 17.8 Å². The normalized spacial score (nSPS) is 15.9. The maximum Gasteiger partial charge on any atom is 0.256 e. The molecule has 0 spiro atoms. The van der Waals surface area contributed by atoms with Crippen LogP contribution < -0.4 is 4.57 Å². The molecule has 0 saturated carbocycles. The van der Waals surface area contributed by atoms with Gasteiger partial charge in [0.05, 0.1) is 11.3 Å². The van der Waals surface area contributed by atoms with E-state index >= 15 is 0 Å². The largest absolute Gasteiger partial charge is 0.289 e. The molecule has 0 N–H and O–H groups in total. The highest BCUT2D eigenvalue weighted by Crippen LogP contribution is 2.31. The number of imidazole rings is 2. The van der Waals surface area contributed by atoms with Crippen LogP contribution >= 0.6 is 0 Å². The Morgan fingerprint density at radius 1 is 1.25 bits per heavy atom. The Balaban J connectivity index is 2.02. The third kappa shape index (κ3) is 1.02. The van der Waals surface area contributed by atoms with Crippen molar-refractivity contribution in [1.82, 2.24) is 18.9 Å². The van der Waals surface area contributed by atoms with Crippen LogP contribution in [0.5, 0.6) is 0 Å². The summed E-state index contributed by atoms with van der Waals surface area (Å²) in [5, 5.41) is 0. The first-order valence-corrected chi connectivity index (χ1v) is 6.40. The SMILES string of the molecule is [2H]C([2H])([2H])n1c2ncccc2n2c[n+]3c(c12)-c1cccnc1C3. The molecule has 0 atom stereocenters. The predicted octanol–water partition coefficient (Wildman–Crippen LogP) is 1.54. The van der Waals surface area contributed by atoms with Crippen LogP contribution in [0.1, 0.15) is 9.81 Å². The van der Waals surface area contributed by atoms with Gasteiger partial charge < -0.3 is 0 Å². The van der Waals surface area contributed by atoms with Crippen LogP contribution in [-0.4, -0.2) is 18.9 Å². The van der Waals surface area contributed by atoms with Gasteiger partial charge in [0.25, 0.3) is 12.0 Å². The van der Waals surface area contributed by atoms with Crippen LogP contribution in [0.3, 0.4) is 0 Å². The van der Waals surface area contributed by atoms with Gasteiger partial charge in [-0.2, -0.15) is 4.40 Å². The number of fused-ring (bicyclic) bond motifs is 7. The molecule has 4 aromatic heterocycles. The number of aryl methyl sites for hydroxylation is 1. The highest BCUT2D eigenvalue weighted by atomic mass is 15.2. The number of rotatable bonds is 0. The summed E-state index contributed by atoms with van der Waals surface area (Å²) in [5.74, 6) is 0. The molecular weight excluding hydrogens is 250 g/mol. The second-order valence-corrected chi connectivity index (χ2v) is 4.96. The Hall–Kier alpha value is -2.69. The van der Waals surface area contributed by atoms with Crippen LogP contribution in [0, 0.1) is 0 Å². The highest BCUT2D eigenvalue weighted by molar-refractivity contribution is 5.85. The smallest absolute Gasteiger partial charge is 0.256 e. The van der Waals surface area contributed by atoms with E-state index in [1.807, 2.05) is 39.6 Å². The zero-order chi connectivity index (χ0) is 15.8. The molecule has 0 aliphatic carbocycles. The summed E-state index contributed by atoms with van der Waals surface area (Å²) in [6, 6.07) is 7.56. The molecule has 5 heterocycles. The van der Waals surface area contributed by atoms with Crippen LogP contribution in [0.25, 0.3) is 28.1 Å². The van der Waals surface area contributed by atoms with Gasteiger partial charge in [-0.05, 0) is 24.3 Å². The molecule has 0 amide bonds. The lowest BCUT2D eigenvalue weighted by Crippen LogP contribution is -2.29. The second kappa shape index (κ2) is 3.25. The molecule has 1 aliphatic rings. The molecule has 1 aliphatic heterocycles. The first kappa shape index (κ1) is 7.79. The molecule has 0 radical (unpaired) electrons. The van der Waals surface area contributed by atoms with E-state index in [1.54, 1.807) is 12.4 Å². The molecule has 5 rings (SSSR count). The van der Waals surface area contributed by atoms with Crippen LogP contribution in [-0.2, 0) is 13.5 Å². The minimum atomic E-state index is -2.31. The fourth-order valence-corrected chi connectivity index (χ4v) is 3.07. The van der Waals surface area contributed by atoms with Crippen molar-refractivity contribution in [3.63, 3.8) is 0 Å². The number of nitrogens with zero attached hydrogens (tertiary/aromatic N) is 5. The fraction of sp³-hybridized carbons (Fsp3) is 0.133. The zero-order valence-electron chi connectivity index (χ0n) is 13.5. The van der Waals surface area contributed by atoms with E-state index in [1.165, 1.54) is 4.57 Å². The van der Waals surface area contributed by atoms with Gasteiger partial charge in [-0.25, -0.2) is 9.55 Å². The molecular formula is C15H12N5+. The molecule has 96 valence electrons. The predicted molar refractivity (Wildman–Crippen MR) is 74.2 cm³/mol. The third-order valence-corrected chi connectivity index (χ3v) is 3.90. The van der Waals surface area contributed by atoms with Gasteiger partial charge in [-0.15, -0.1) is 0 Å². The first-order valence-electron chi connectivity index (χ1n) is 7.90. The monoisotopic (exact) mass is 265 g/mol. The summed E-state index contributed by atoms with van der Waals surface area (Å²) < 4.78 is 29.2. The van der Waals surface area contributed by atoms with Crippen LogP contribution in [0.2, 0.25) is 0 Å². The average molecular weight is 265 g/mol. The van der Waals surface area contributed by atoms with Crippen molar-refractivity contribution in [3.05, 3.63) is 48.7 Å². The van der Waals surface area contributed by atoms with Crippen molar-refractivity contribution in [2.45, 2.75) is 6.54 Å². The van der Waals surface area contributed by atoms with Crippen molar-refractivity contribution < 1.29 is 8.68 Å². The topological polar surface area (TPSA) is 39.0 Å². The lowest BCUT2D eigenvalue weighted by atomic mass is 10.2. The van der Waals surface area contributed by atoms with Crippen LogP contribution in [0.15, 0.2) is 43.0 Å². The van der Waals surface area contributed by atoms with Crippen molar-refractivity contribution in [2.24, 2.45) is 6.98 Å². The lowest BCUT2D eigenvalue weighted by Gasteiger charge is -1.94. The van der Waals surface area contributed by atoms with Gasteiger partial charge in [-0.3, -0.25) is 9.55 Å². The Labute approximate surface area is 119 Å². The van der Waals surface area contributed by atoms with E-state index < -0.39 is 6.98 Å².